The number of aromatic nitrogens is 2. The molecule has 1 saturated heterocycles. The molecule has 0 N–H and O–H groups in total. The summed E-state index contributed by atoms with van der Waals surface area (Å²) in [5, 5.41) is 0.759. The van der Waals surface area contributed by atoms with E-state index < -0.39 is 11.9 Å². The number of hydrogen-bond donors (Lipinski definition) is 0. The lowest BCUT2D eigenvalue weighted by Gasteiger charge is -2.31. The van der Waals surface area contributed by atoms with Crippen molar-refractivity contribution in [3.05, 3.63) is 59.9 Å². The van der Waals surface area contributed by atoms with Gasteiger partial charge in [0.05, 0.1) is 18.2 Å². The molecule has 4 rings (SSSR count). The van der Waals surface area contributed by atoms with Crippen LogP contribution in [0.3, 0.4) is 0 Å². The van der Waals surface area contributed by atoms with E-state index in [-0.39, 0.29) is 31.8 Å². The van der Waals surface area contributed by atoms with Gasteiger partial charge in [-0.2, -0.15) is 0 Å². The Morgan fingerprint density at radius 1 is 1.07 bits per heavy atom. The van der Waals surface area contributed by atoms with Gasteiger partial charge in [-0.3, -0.25) is 4.79 Å². The quantitative estimate of drug-likeness (QED) is 0.631. The van der Waals surface area contributed by atoms with Gasteiger partial charge in [-0.25, -0.2) is 18.6 Å². The van der Waals surface area contributed by atoms with Crippen LogP contribution in [-0.2, 0) is 4.74 Å². The standard InChI is InChI=1S/C21H19F2N3O3/c1-29-20(28)14-2-4-17(5-3-14)26-9-6-15-12-16(13-24-18(15)26)19(27)25-10-7-21(22,23)8-11-25/h2-6,9,12-13H,7-8,10-11H2,1H3. The number of alkyl halides is 2. The lowest BCUT2D eigenvalue weighted by molar-refractivity contribution is -0.0494. The highest BCUT2D eigenvalue weighted by atomic mass is 19.3. The van der Waals surface area contributed by atoms with Crippen molar-refractivity contribution in [2.45, 2.75) is 18.8 Å². The molecule has 0 spiro atoms. The van der Waals surface area contributed by atoms with Crippen molar-refractivity contribution in [1.29, 1.82) is 0 Å². The molecule has 1 fully saturated rings. The van der Waals surface area contributed by atoms with E-state index in [1.165, 1.54) is 18.2 Å². The normalized spacial score (nSPS) is 16.0. The molecule has 29 heavy (non-hydrogen) atoms. The Morgan fingerprint density at radius 3 is 2.41 bits per heavy atom. The number of carbonyl (C=O) groups is 2. The molecule has 0 unspecified atom stereocenters. The Bertz CT molecular complexity index is 1070. The number of hydrogen-bond acceptors (Lipinski definition) is 4. The van der Waals surface area contributed by atoms with Crippen molar-refractivity contribution < 1.29 is 23.1 Å². The van der Waals surface area contributed by atoms with Gasteiger partial charge >= 0.3 is 5.97 Å². The molecule has 2 aromatic heterocycles. The number of methoxy groups -OCH3 is 1. The van der Waals surface area contributed by atoms with Crippen LogP contribution in [0.4, 0.5) is 8.78 Å². The lowest BCUT2D eigenvalue weighted by atomic mass is 10.1. The third-order valence-electron chi connectivity index (χ3n) is 5.12. The predicted molar refractivity (Wildman–Crippen MR) is 102 cm³/mol. The molecule has 0 saturated carbocycles. The maximum absolute atomic E-state index is 13.3. The summed E-state index contributed by atoms with van der Waals surface area (Å²) >= 11 is 0. The minimum absolute atomic E-state index is 0.0391. The number of carbonyl (C=O) groups excluding carboxylic acids is 2. The molecule has 3 heterocycles. The minimum Gasteiger partial charge on any atom is -0.465 e. The Labute approximate surface area is 165 Å². The number of pyridine rings is 1. The Hall–Kier alpha value is -3.29. The number of esters is 1. The Balaban J connectivity index is 1.58. The zero-order chi connectivity index (χ0) is 20.6. The summed E-state index contributed by atoms with van der Waals surface area (Å²) < 4.78 is 33.2. The highest BCUT2D eigenvalue weighted by molar-refractivity contribution is 5.97. The number of fused-ring (bicyclic) bond motifs is 1. The number of amides is 1. The smallest absolute Gasteiger partial charge is 0.337 e. The van der Waals surface area contributed by atoms with E-state index in [1.807, 2.05) is 16.8 Å². The summed E-state index contributed by atoms with van der Waals surface area (Å²) in [7, 11) is 1.33. The van der Waals surface area contributed by atoms with Crippen LogP contribution in [0, 0.1) is 0 Å². The summed E-state index contributed by atoms with van der Waals surface area (Å²) in [5.41, 5.74) is 2.28. The fourth-order valence-corrected chi connectivity index (χ4v) is 3.44. The van der Waals surface area contributed by atoms with Crippen LogP contribution in [0.5, 0.6) is 0 Å². The van der Waals surface area contributed by atoms with E-state index in [4.69, 9.17) is 4.74 Å². The molecular weight excluding hydrogens is 380 g/mol. The summed E-state index contributed by atoms with van der Waals surface area (Å²) in [4.78, 5) is 30.1. The second-order valence-electron chi connectivity index (χ2n) is 7.01. The average molecular weight is 399 g/mol. The Morgan fingerprint density at radius 2 is 1.76 bits per heavy atom. The topological polar surface area (TPSA) is 64.4 Å². The van der Waals surface area contributed by atoms with Gasteiger partial charge in [0.1, 0.15) is 5.65 Å². The molecule has 8 heteroatoms. The maximum Gasteiger partial charge on any atom is 0.337 e. The molecule has 6 nitrogen and oxygen atoms in total. The zero-order valence-corrected chi connectivity index (χ0v) is 15.8. The number of piperidine rings is 1. The number of likely N-dealkylation sites (tertiary alicyclic amines) is 1. The predicted octanol–water partition coefficient (Wildman–Crippen LogP) is 3.68. The monoisotopic (exact) mass is 399 g/mol. The fraction of sp³-hybridized carbons (Fsp3) is 0.286. The number of benzene rings is 1. The van der Waals surface area contributed by atoms with E-state index >= 15 is 0 Å². The molecule has 0 aliphatic carbocycles. The molecular formula is C21H19F2N3O3. The van der Waals surface area contributed by atoms with Crippen molar-refractivity contribution in [2.24, 2.45) is 0 Å². The van der Waals surface area contributed by atoms with Crippen molar-refractivity contribution in [1.82, 2.24) is 14.5 Å². The third-order valence-corrected chi connectivity index (χ3v) is 5.12. The van der Waals surface area contributed by atoms with Crippen molar-refractivity contribution in [3.63, 3.8) is 0 Å². The van der Waals surface area contributed by atoms with Crippen molar-refractivity contribution in [3.8, 4) is 5.69 Å². The molecule has 0 bridgehead atoms. The van der Waals surface area contributed by atoms with Crippen LogP contribution in [0.25, 0.3) is 16.7 Å². The maximum atomic E-state index is 13.3. The molecule has 3 aromatic rings. The molecule has 0 atom stereocenters. The highest BCUT2D eigenvalue weighted by Gasteiger charge is 2.35. The van der Waals surface area contributed by atoms with Crippen LogP contribution in [0.2, 0.25) is 0 Å². The van der Waals surface area contributed by atoms with E-state index in [0.717, 1.165) is 11.1 Å². The molecule has 0 radical (unpaired) electrons. The minimum atomic E-state index is -2.69. The van der Waals surface area contributed by atoms with Gasteiger partial charge in [-0.1, -0.05) is 0 Å². The summed E-state index contributed by atoms with van der Waals surface area (Å²) in [6, 6.07) is 10.4. The van der Waals surface area contributed by atoms with Gasteiger partial charge in [0.25, 0.3) is 11.8 Å². The lowest BCUT2D eigenvalue weighted by Crippen LogP contribution is -2.42. The van der Waals surface area contributed by atoms with Crippen LogP contribution in [0.1, 0.15) is 33.6 Å². The molecule has 1 aliphatic rings. The summed E-state index contributed by atoms with van der Waals surface area (Å²) in [6.07, 6.45) is 2.66. The largest absolute Gasteiger partial charge is 0.465 e. The van der Waals surface area contributed by atoms with Gasteiger partial charge in [0.2, 0.25) is 0 Å². The van der Waals surface area contributed by atoms with Gasteiger partial charge in [-0.05, 0) is 36.4 Å². The first-order chi connectivity index (χ1) is 13.9. The van der Waals surface area contributed by atoms with Gasteiger partial charge < -0.3 is 14.2 Å². The van der Waals surface area contributed by atoms with E-state index in [1.54, 1.807) is 30.3 Å². The molecule has 150 valence electrons. The average Bonchev–Trinajstić information content (AvgIpc) is 3.16. The van der Waals surface area contributed by atoms with E-state index in [2.05, 4.69) is 4.98 Å². The SMILES string of the molecule is COC(=O)c1ccc(-n2ccc3cc(C(=O)N4CCC(F)(F)CC4)cnc32)cc1. The zero-order valence-electron chi connectivity index (χ0n) is 15.8. The first kappa shape index (κ1) is 19.0. The van der Waals surface area contributed by atoms with E-state index in [9.17, 15) is 18.4 Å². The summed E-state index contributed by atoms with van der Waals surface area (Å²) in [6.45, 7) is 0.0782. The van der Waals surface area contributed by atoms with Gasteiger partial charge in [0.15, 0.2) is 0 Å². The fourth-order valence-electron chi connectivity index (χ4n) is 3.44. The first-order valence-electron chi connectivity index (χ1n) is 9.21. The van der Waals surface area contributed by atoms with Crippen molar-refractivity contribution >= 4 is 22.9 Å². The van der Waals surface area contributed by atoms with Crippen LogP contribution in [-0.4, -0.2) is 52.4 Å². The van der Waals surface area contributed by atoms with Crippen molar-refractivity contribution in [2.75, 3.05) is 20.2 Å². The van der Waals surface area contributed by atoms with Gasteiger partial charge in [0, 0.05) is 49.4 Å². The molecule has 1 amide bonds. The van der Waals surface area contributed by atoms with E-state index in [0.29, 0.717) is 16.8 Å². The summed E-state index contributed by atoms with van der Waals surface area (Å²) in [5.74, 6) is -3.39. The first-order valence-corrected chi connectivity index (χ1v) is 9.21. The number of halogens is 2. The van der Waals surface area contributed by atoms with Crippen LogP contribution in [0.15, 0.2) is 48.8 Å². The second-order valence-corrected chi connectivity index (χ2v) is 7.01. The molecule has 1 aromatic carbocycles. The number of nitrogens with zero attached hydrogens (tertiary/aromatic N) is 3. The molecule has 1 aliphatic heterocycles. The second kappa shape index (κ2) is 7.27. The van der Waals surface area contributed by atoms with Crippen LogP contribution < -0.4 is 0 Å². The highest BCUT2D eigenvalue weighted by Crippen LogP contribution is 2.29. The number of rotatable bonds is 3. The number of ether oxygens (including phenoxy) is 1. The third kappa shape index (κ3) is 3.70. The van der Waals surface area contributed by atoms with Crippen LogP contribution >= 0.6 is 0 Å². The Kier molecular flexibility index (Phi) is 4.77. The van der Waals surface area contributed by atoms with Gasteiger partial charge in [-0.15, -0.1) is 0 Å².